The van der Waals surface area contributed by atoms with E-state index in [0.717, 1.165) is 6.42 Å². The number of carbonyl (C=O) groups excluding carboxylic acids is 2. The number of carbonyl (C=O) groups is 2. The molecule has 5 heteroatoms. The summed E-state index contributed by atoms with van der Waals surface area (Å²) in [6.07, 6.45) is 0.774. The first-order valence-corrected chi connectivity index (χ1v) is 7.72. The van der Waals surface area contributed by atoms with Gasteiger partial charge in [-0.25, -0.2) is 4.79 Å². The Labute approximate surface area is 141 Å². The average Bonchev–Trinajstić information content (AvgIpc) is 2.61. The number of ether oxygens (including phenoxy) is 2. The van der Waals surface area contributed by atoms with Gasteiger partial charge < -0.3 is 14.8 Å². The molecule has 0 saturated heterocycles. The standard InChI is InChI=1S/C19H21NO4/c1-14-6-3-4-7-15(14)10-11-20-18(21)13-24-17-9-5-8-16(12-17)19(22)23-2/h3-9,12H,10-11,13H2,1-2H3,(H,20,21). The van der Waals surface area contributed by atoms with Gasteiger partial charge in [0.25, 0.3) is 5.91 Å². The Morgan fingerprint density at radius 2 is 1.88 bits per heavy atom. The fourth-order valence-corrected chi connectivity index (χ4v) is 2.26. The van der Waals surface area contributed by atoms with Gasteiger partial charge in [0.2, 0.25) is 0 Å². The molecule has 2 rings (SSSR count). The highest BCUT2D eigenvalue weighted by Crippen LogP contribution is 2.14. The number of esters is 1. The van der Waals surface area contributed by atoms with Gasteiger partial charge in [-0.3, -0.25) is 4.79 Å². The van der Waals surface area contributed by atoms with Crippen molar-refractivity contribution in [3.05, 3.63) is 65.2 Å². The normalized spacial score (nSPS) is 10.1. The van der Waals surface area contributed by atoms with Crippen LogP contribution in [-0.4, -0.2) is 32.1 Å². The summed E-state index contributed by atoms with van der Waals surface area (Å²) in [4.78, 5) is 23.3. The van der Waals surface area contributed by atoms with Crippen LogP contribution < -0.4 is 10.1 Å². The summed E-state index contributed by atoms with van der Waals surface area (Å²) in [5, 5.41) is 2.82. The topological polar surface area (TPSA) is 64.6 Å². The second-order valence-corrected chi connectivity index (χ2v) is 5.33. The van der Waals surface area contributed by atoms with Gasteiger partial charge in [0.1, 0.15) is 5.75 Å². The highest BCUT2D eigenvalue weighted by atomic mass is 16.5. The Morgan fingerprint density at radius 1 is 1.08 bits per heavy atom. The third kappa shape index (κ3) is 5.12. The molecule has 0 aliphatic carbocycles. The monoisotopic (exact) mass is 327 g/mol. The van der Waals surface area contributed by atoms with Crippen molar-refractivity contribution in [2.24, 2.45) is 0 Å². The minimum absolute atomic E-state index is 0.0988. The Balaban J connectivity index is 1.77. The number of hydrogen-bond acceptors (Lipinski definition) is 4. The molecule has 0 heterocycles. The van der Waals surface area contributed by atoms with Crippen LogP contribution in [0.1, 0.15) is 21.5 Å². The highest BCUT2D eigenvalue weighted by Gasteiger charge is 2.08. The number of hydrogen-bond donors (Lipinski definition) is 1. The van der Waals surface area contributed by atoms with Crippen molar-refractivity contribution in [1.82, 2.24) is 5.32 Å². The smallest absolute Gasteiger partial charge is 0.337 e. The Morgan fingerprint density at radius 3 is 2.62 bits per heavy atom. The van der Waals surface area contributed by atoms with Crippen molar-refractivity contribution in [3.8, 4) is 5.75 Å². The van der Waals surface area contributed by atoms with Crippen LogP contribution in [0.5, 0.6) is 5.75 Å². The predicted octanol–water partition coefficient (Wildman–Crippen LogP) is 2.52. The van der Waals surface area contributed by atoms with Crippen molar-refractivity contribution < 1.29 is 19.1 Å². The number of methoxy groups -OCH3 is 1. The largest absolute Gasteiger partial charge is 0.484 e. The van der Waals surface area contributed by atoms with Gasteiger partial charge in [0.05, 0.1) is 12.7 Å². The average molecular weight is 327 g/mol. The zero-order valence-corrected chi connectivity index (χ0v) is 13.9. The SMILES string of the molecule is COC(=O)c1cccc(OCC(=O)NCCc2ccccc2C)c1. The molecule has 0 aliphatic heterocycles. The molecule has 0 radical (unpaired) electrons. The van der Waals surface area contributed by atoms with E-state index < -0.39 is 5.97 Å². The maximum atomic E-state index is 11.8. The Kier molecular flexibility index (Phi) is 6.37. The van der Waals surface area contributed by atoms with E-state index in [1.807, 2.05) is 12.1 Å². The third-order valence-corrected chi connectivity index (χ3v) is 3.60. The van der Waals surface area contributed by atoms with E-state index in [2.05, 4.69) is 29.1 Å². The van der Waals surface area contributed by atoms with Crippen molar-refractivity contribution in [2.45, 2.75) is 13.3 Å². The number of amides is 1. The molecule has 0 atom stereocenters. The van der Waals surface area contributed by atoms with Crippen molar-refractivity contribution in [2.75, 3.05) is 20.3 Å². The molecular formula is C19H21NO4. The molecule has 5 nitrogen and oxygen atoms in total. The summed E-state index contributed by atoms with van der Waals surface area (Å²) in [7, 11) is 1.32. The Bertz CT molecular complexity index is 712. The fraction of sp³-hybridized carbons (Fsp3) is 0.263. The van der Waals surface area contributed by atoms with E-state index in [1.54, 1.807) is 24.3 Å². The molecule has 0 saturated carbocycles. The fourth-order valence-electron chi connectivity index (χ4n) is 2.26. The number of benzene rings is 2. The van der Waals surface area contributed by atoms with E-state index >= 15 is 0 Å². The van der Waals surface area contributed by atoms with Gasteiger partial charge in [-0.2, -0.15) is 0 Å². The summed E-state index contributed by atoms with van der Waals surface area (Å²) in [5.41, 5.74) is 2.81. The predicted molar refractivity (Wildman–Crippen MR) is 91.2 cm³/mol. The van der Waals surface area contributed by atoms with Crippen LogP contribution >= 0.6 is 0 Å². The van der Waals surface area contributed by atoms with Gasteiger partial charge in [0.15, 0.2) is 6.61 Å². The zero-order chi connectivity index (χ0) is 17.4. The molecule has 0 unspecified atom stereocenters. The summed E-state index contributed by atoms with van der Waals surface area (Å²) >= 11 is 0. The van der Waals surface area contributed by atoms with Crippen LogP contribution in [0.3, 0.4) is 0 Å². The lowest BCUT2D eigenvalue weighted by atomic mass is 10.1. The lowest BCUT2D eigenvalue weighted by Crippen LogP contribution is -2.30. The minimum Gasteiger partial charge on any atom is -0.484 e. The first-order chi connectivity index (χ1) is 11.6. The summed E-state index contributed by atoms with van der Waals surface area (Å²) < 4.78 is 10.1. The molecule has 1 N–H and O–H groups in total. The molecule has 0 aromatic heterocycles. The van der Waals surface area contributed by atoms with Crippen LogP contribution in [0.2, 0.25) is 0 Å². The van der Waals surface area contributed by atoms with E-state index in [0.29, 0.717) is 17.9 Å². The molecule has 2 aromatic rings. The van der Waals surface area contributed by atoms with Crippen LogP contribution in [-0.2, 0) is 16.0 Å². The number of rotatable bonds is 7. The van der Waals surface area contributed by atoms with E-state index in [1.165, 1.54) is 18.2 Å². The molecule has 0 spiro atoms. The molecule has 126 valence electrons. The van der Waals surface area contributed by atoms with E-state index in [-0.39, 0.29) is 12.5 Å². The van der Waals surface area contributed by atoms with E-state index in [9.17, 15) is 9.59 Å². The van der Waals surface area contributed by atoms with Gasteiger partial charge in [-0.1, -0.05) is 30.3 Å². The molecule has 24 heavy (non-hydrogen) atoms. The molecule has 2 aromatic carbocycles. The number of nitrogens with one attached hydrogen (secondary N) is 1. The highest BCUT2D eigenvalue weighted by molar-refractivity contribution is 5.89. The second kappa shape index (κ2) is 8.72. The minimum atomic E-state index is -0.442. The molecule has 1 amide bonds. The van der Waals surface area contributed by atoms with Crippen LogP contribution in [0.4, 0.5) is 0 Å². The van der Waals surface area contributed by atoms with Crippen LogP contribution in [0.25, 0.3) is 0 Å². The Hall–Kier alpha value is -2.82. The van der Waals surface area contributed by atoms with Gasteiger partial charge in [0, 0.05) is 6.54 Å². The third-order valence-electron chi connectivity index (χ3n) is 3.60. The molecule has 0 bridgehead atoms. The first kappa shape index (κ1) is 17.5. The first-order valence-electron chi connectivity index (χ1n) is 7.72. The summed E-state index contributed by atoms with van der Waals surface area (Å²) in [6.45, 7) is 2.50. The van der Waals surface area contributed by atoms with E-state index in [4.69, 9.17) is 4.74 Å². The number of aryl methyl sites for hydroxylation is 1. The quantitative estimate of drug-likeness (QED) is 0.794. The second-order valence-electron chi connectivity index (χ2n) is 5.33. The van der Waals surface area contributed by atoms with Crippen molar-refractivity contribution >= 4 is 11.9 Å². The van der Waals surface area contributed by atoms with Crippen molar-refractivity contribution in [1.29, 1.82) is 0 Å². The maximum Gasteiger partial charge on any atom is 0.337 e. The summed E-state index contributed by atoms with van der Waals surface area (Å²) in [6, 6.07) is 14.6. The lowest BCUT2D eigenvalue weighted by Gasteiger charge is -2.09. The molecular weight excluding hydrogens is 306 g/mol. The molecule has 0 aliphatic rings. The van der Waals surface area contributed by atoms with Crippen LogP contribution in [0.15, 0.2) is 48.5 Å². The van der Waals surface area contributed by atoms with Gasteiger partial charge in [-0.05, 0) is 42.7 Å². The lowest BCUT2D eigenvalue weighted by molar-refractivity contribution is -0.123. The van der Waals surface area contributed by atoms with Crippen molar-refractivity contribution in [3.63, 3.8) is 0 Å². The van der Waals surface area contributed by atoms with Gasteiger partial charge in [-0.15, -0.1) is 0 Å². The van der Waals surface area contributed by atoms with Crippen LogP contribution in [0, 0.1) is 6.92 Å². The zero-order valence-electron chi connectivity index (χ0n) is 13.9. The van der Waals surface area contributed by atoms with Gasteiger partial charge >= 0.3 is 5.97 Å². The molecule has 0 fully saturated rings. The summed E-state index contributed by atoms with van der Waals surface area (Å²) in [5.74, 6) is -0.192. The maximum absolute atomic E-state index is 11.8.